The van der Waals surface area contributed by atoms with Gasteiger partial charge in [0.1, 0.15) is 17.5 Å². The lowest BCUT2D eigenvalue weighted by molar-refractivity contribution is 0.627. The molecule has 0 saturated carbocycles. The molecule has 19 heavy (non-hydrogen) atoms. The van der Waals surface area contributed by atoms with E-state index in [1.807, 2.05) is 6.92 Å². The van der Waals surface area contributed by atoms with Gasteiger partial charge in [0.2, 0.25) is 0 Å². The number of nitrogens with one attached hydrogen (secondary N) is 1. The number of benzene rings is 1. The van der Waals surface area contributed by atoms with Gasteiger partial charge in [0.05, 0.1) is 0 Å². The third kappa shape index (κ3) is 3.39. The van der Waals surface area contributed by atoms with Crippen LogP contribution in [0.4, 0.5) is 10.2 Å². The van der Waals surface area contributed by atoms with Gasteiger partial charge in [-0.25, -0.2) is 20.2 Å². The van der Waals surface area contributed by atoms with Crippen molar-refractivity contribution in [2.75, 3.05) is 5.43 Å². The summed E-state index contributed by atoms with van der Waals surface area (Å²) in [5.41, 5.74) is 4.17. The molecule has 1 aromatic carbocycles. The van der Waals surface area contributed by atoms with Gasteiger partial charge in [0.25, 0.3) is 0 Å². The molecule has 0 aliphatic rings. The largest absolute Gasteiger partial charge is 0.308 e. The van der Waals surface area contributed by atoms with Gasteiger partial charge in [-0.05, 0) is 24.1 Å². The van der Waals surface area contributed by atoms with Crippen LogP contribution in [0.2, 0.25) is 5.02 Å². The Labute approximate surface area is 115 Å². The third-order valence-corrected chi connectivity index (χ3v) is 3.05. The Balaban J connectivity index is 2.31. The standard InChI is InChI=1S/C13H14ClFN4/c1-2-10-7-13(19-16)18-12(17-10)5-8-3-4-9(15)6-11(8)14/h3-4,6-7H,2,5,16H2,1H3,(H,17,18,19). The molecule has 3 N–H and O–H groups in total. The van der Waals surface area contributed by atoms with Crippen LogP contribution < -0.4 is 11.3 Å². The molecule has 0 aliphatic carbocycles. The van der Waals surface area contributed by atoms with Crippen LogP contribution in [0.1, 0.15) is 24.0 Å². The number of nitrogen functional groups attached to an aromatic ring is 1. The molecule has 0 radical (unpaired) electrons. The van der Waals surface area contributed by atoms with E-state index in [4.69, 9.17) is 17.4 Å². The highest BCUT2D eigenvalue weighted by molar-refractivity contribution is 6.31. The van der Waals surface area contributed by atoms with Gasteiger partial charge in [-0.1, -0.05) is 24.6 Å². The van der Waals surface area contributed by atoms with E-state index in [-0.39, 0.29) is 5.82 Å². The number of hydrogen-bond donors (Lipinski definition) is 2. The maximum Gasteiger partial charge on any atom is 0.143 e. The summed E-state index contributed by atoms with van der Waals surface area (Å²) < 4.78 is 13.0. The number of aromatic nitrogens is 2. The summed E-state index contributed by atoms with van der Waals surface area (Å²) in [5.74, 6) is 6.16. The summed E-state index contributed by atoms with van der Waals surface area (Å²) in [7, 11) is 0. The molecule has 0 atom stereocenters. The van der Waals surface area contributed by atoms with Gasteiger partial charge in [-0.15, -0.1) is 0 Å². The Morgan fingerprint density at radius 2 is 2.11 bits per heavy atom. The van der Waals surface area contributed by atoms with Crippen LogP contribution in [-0.4, -0.2) is 9.97 Å². The highest BCUT2D eigenvalue weighted by atomic mass is 35.5. The van der Waals surface area contributed by atoms with Crippen molar-refractivity contribution < 1.29 is 4.39 Å². The van der Waals surface area contributed by atoms with Crippen LogP contribution in [0.15, 0.2) is 24.3 Å². The van der Waals surface area contributed by atoms with Crippen molar-refractivity contribution >= 4 is 17.4 Å². The monoisotopic (exact) mass is 280 g/mol. The molecule has 0 saturated heterocycles. The molecule has 0 unspecified atom stereocenters. The SMILES string of the molecule is CCc1cc(NN)nc(Cc2ccc(F)cc2Cl)n1. The lowest BCUT2D eigenvalue weighted by Gasteiger charge is -2.07. The molecule has 6 heteroatoms. The second-order valence-electron chi connectivity index (χ2n) is 4.07. The second kappa shape index (κ2) is 5.95. The molecule has 0 amide bonds. The molecule has 100 valence electrons. The molecule has 0 aliphatic heterocycles. The maximum absolute atomic E-state index is 13.0. The van der Waals surface area contributed by atoms with Gasteiger partial charge in [0.15, 0.2) is 0 Å². The lowest BCUT2D eigenvalue weighted by atomic mass is 10.1. The fourth-order valence-corrected chi connectivity index (χ4v) is 1.96. The minimum Gasteiger partial charge on any atom is -0.308 e. The lowest BCUT2D eigenvalue weighted by Crippen LogP contribution is -2.12. The number of rotatable bonds is 4. The zero-order valence-corrected chi connectivity index (χ0v) is 11.2. The molecule has 1 heterocycles. The average Bonchev–Trinajstić information content (AvgIpc) is 2.41. The summed E-state index contributed by atoms with van der Waals surface area (Å²) in [6, 6.07) is 6.07. The zero-order valence-electron chi connectivity index (χ0n) is 10.5. The molecule has 1 aromatic heterocycles. The first-order valence-corrected chi connectivity index (χ1v) is 6.27. The molecule has 0 bridgehead atoms. The average molecular weight is 281 g/mol. The minimum atomic E-state index is -0.360. The van der Waals surface area contributed by atoms with Gasteiger partial charge in [0, 0.05) is 23.2 Å². The second-order valence-corrected chi connectivity index (χ2v) is 4.48. The normalized spacial score (nSPS) is 10.5. The molecular formula is C13H14ClFN4. The van der Waals surface area contributed by atoms with E-state index in [2.05, 4.69) is 15.4 Å². The summed E-state index contributed by atoms with van der Waals surface area (Å²) in [4.78, 5) is 8.66. The Morgan fingerprint density at radius 1 is 1.32 bits per heavy atom. The predicted octanol–water partition coefficient (Wildman–Crippen LogP) is 2.71. The molecule has 0 fully saturated rings. The molecule has 2 aromatic rings. The van der Waals surface area contributed by atoms with Gasteiger partial charge < -0.3 is 5.43 Å². The predicted molar refractivity (Wildman–Crippen MR) is 73.4 cm³/mol. The third-order valence-electron chi connectivity index (χ3n) is 2.70. The first-order valence-electron chi connectivity index (χ1n) is 5.89. The number of halogens is 2. The Kier molecular flexibility index (Phi) is 4.29. The van der Waals surface area contributed by atoms with E-state index in [1.165, 1.54) is 12.1 Å². The van der Waals surface area contributed by atoms with Crippen LogP contribution in [0.25, 0.3) is 0 Å². The van der Waals surface area contributed by atoms with Crippen LogP contribution in [-0.2, 0) is 12.8 Å². The fourth-order valence-electron chi connectivity index (χ4n) is 1.72. The van der Waals surface area contributed by atoms with E-state index in [1.54, 1.807) is 12.1 Å². The van der Waals surface area contributed by atoms with Crippen molar-refractivity contribution in [1.29, 1.82) is 0 Å². The minimum absolute atomic E-state index is 0.360. The molecular weight excluding hydrogens is 267 g/mol. The highest BCUT2D eigenvalue weighted by Gasteiger charge is 2.08. The molecule has 0 spiro atoms. The van der Waals surface area contributed by atoms with E-state index in [0.717, 1.165) is 17.7 Å². The Hall–Kier alpha value is -1.72. The summed E-state index contributed by atoms with van der Waals surface area (Å²) in [6.45, 7) is 2.00. The summed E-state index contributed by atoms with van der Waals surface area (Å²) in [6.07, 6.45) is 1.21. The van der Waals surface area contributed by atoms with Crippen molar-refractivity contribution in [1.82, 2.24) is 9.97 Å². The van der Waals surface area contributed by atoms with Crippen molar-refractivity contribution in [3.05, 3.63) is 52.2 Å². The Bertz CT molecular complexity index is 567. The van der Waals surface area contributed by atoms with E-state index >= 15 is 0 Å². The number of hydrogen-bond acceptors (Lipinski definition) is 4. The number of anilines is 1. The van der Waals surface area contributed by atoms with Crippen LogP contribution in [0, 0.1) is 5.82 Å². The van der Waals surface area contributed by atoms with Crippen LogP contribution in [0.3, 0.4) is 0 Å². The summed E-state index contributed by atoms with van der Waals surface area (Å²) in [5, 5.41) is 0.368. The quantitative estimate of drug-likeness (QED) is 0.668. The number of nitrogens with two attached hydrogens (primary N) is 1. The Morgan fingerprint density at radius 3 is 2.74 bits per heavy atom. The van der Waals surface area contributed by atoms with Crippen LogP contribution in [0.5, 0.6) is 0 Å². The first kappa shape index (κ1) is 13.7. The molecule has 4 nitrogen and oxygen atoms in total. The van der Waals surface area contributed by atoms with Crippen LogP contribution >= 0.6 is 11.6 Å². The number of hydrazine groups is 1. The van der Waals surface area contributed by atoms with Crippen molar-refractivity contribution in [2.45, 2.75) is 19.8 Å². The van der Waals surface area contributed by atoms with Gasteiger partial charge in [-0.3, -0.25) is 0 Å². The number of nitrogens with zero attached hydrogens (tertiary/aromatic N) is 2. The topological polar surface area (TPSA) is 63.8 Å². The van der Waals surface area contributed by atoms with E-state index in [9.17, 15) is 4.39 Å². The van der Waals surface area contributed by atoms with Crippen molar-refractivity contribution in [3.8, 4) is 0 Å². The highest BCUT2D eigenvalue weighted by Crippen LogP contribution is 2.20. The fraction of sp³-hybridized carbons (Fsp3) is 0.231. The van der Waals surface area contributed by atoms with E-state index in [0.29, 0.717) is 23.1 Å². The van der Waals surface area contributed by atoms with E-state index < -0.39 is 0 Å². The number of aryl methyl sites for hydroxylation is 1. The van der Waals surface area contributed by atoms with Gasteiger partial charge in [-0.2, -0.15) is 0 Å². The molecule has 2 rings (SSSR count). The smallest absolute Gasteiger partial charge is 0.143 e. The zero-order chi connectivity index (χ0) is 13.8. The first-order chi connectivity index (χ1) is 9.12. The van der Waals surface area contributed by atoms with Gasteiger partial charge >= 0.3 is 0 Å². The van der Waals surface area contributed by atoms with Crippen molar-refractivity contribution in [2.24, 2.45) is 5.84 Å². The summed E-state index contributed by atoms with van der Waals surface area (Å²) >= 11 is 5.99. The maximum atomic E-state index is 13.0. The van der Waals surface area contributed by atoms with Crippen molar-refractivity contribution in [3.63, 3.8) is 0 Å².